The summed E-state index contributed by atoms with van der Waals surface area (Å²) in [5.74, 6) is 0.384. The summed E-state index contributed by atoms with van der Waals surface area (Å²) >= 11 is 4.72. The number of hydrogen-bond donors (Lipinski definition) is 1. The number of thioether (sulfide) groups is 1. The quantitative estimate of drug-likeness (QED) is 0.184. The molecule has 172 valence electrons. The summed E-state index contributed by atoms with van der Waals surface area (Å²) in [5.41, 5.74) is 1.97. The minimum absolute atomic E-state index is 0.0394. The molecule has 0 radical (unpaired) electrons. The number of nitro benzene ring substituents is 1. The van der Waals surface area contributed by atoms with E-state index in [-0.39, 0.29) is 24.0 Å². The number of carbonyl (C=O) groups excluding carboxylic acids is 1. The topological polar surface area (TPSA) is 103 Å². The Hall–Kier alpha value is -3.57. The fourth-order valence-electron chi connectivity index (χ4n) is 3.08. The zero-order valence-electron chi connectivity index (χ0n) is 17.5. The highest BCUT2D eigenvalue weighted by atomic mass is 79.9. The molecule has 1 aromatic heterocycles. The first-order valence-corrected chi connectivity index (χ1v) is 11.8. The summed E-state index contributed by atoms with van der Waals surface area (Å²) < 4.78 is 15.8. The maximum atomic E-state index is 13.2. The lowest BCUT2D eigenvalue weighted by molar-refractivity contribution is -0.384. The second kappa shape index (κ2) is 10.6. The van der Waals surface area contributed by atoms with Crippen LogP contribution in [-0.2, 0) is 12.3 Å². The van der Waals surface area contributed by atoms with Crippen LogP contribution in [0.5, 0.6) is 0 Å². The Bertz CT molecular complexity index is 1310. The highest BCUT2D eigenvalue weighted by Crippen LogP contribution is 2.26. The number of non-ortho nitro benzene ring substituents is 1. The number of nitro groups is 1. The molecule has 3 aromatic carbocycles. The van der Waals surface area contributed by atoms with Crippen LogP contribution in [0.15, 0.2) is 82.4 Å². The molecule has 0 saturated heterocycles. The van der Waals surface area contributed by atoms with Crippen LogP contribution in [0.1, 0.15) is 21.7 Å². The minimum Gasteiger partial charge on any atom is -0.345 e. The average molecular weight is 542 g/mol. The van der Waals surface area contributed by atoms with Crippen LogP contribution in [0.3, 0.4) is 0 Å². The third kappa shape index (κ3) is 5.67. The van der Waals surface area contributed by atoms with Gasteiger partial charge in [-0.05, 0) is 54.1 Å². The first-order chi connectivity index (χ1) is 16.4. The Morgan fingerprint density at radius 1 is 1.03 bits per heavy atom. The van der Waals surface area contributed by atoms with E-state index in [1.807, 2.05) is 0 Å². The fraction of sp³-hybridized carbons (Fsp3) is 0.0870. The predicted octanol–water partition coefficient (Wildman–Crippen LogP) is 5.30. The van der Waals surface area contributed by atoms with Crippen molar-refractivity contribution < 1.29 is 14.1 Å². The largest absolute Gasteiger partial charge is 0.345 e. The molecule has 1 N–H and O–H groups in total. The van der Waals surface area contributed by atoms with Crippen LogP contribution in [0.25, 0.3) is 5.69 Å². The van der Waals surface area contributed by atoms with Crippen molar-refractivity contribution in [3.05, 3.63) is 110 Å². The molecular formula is C23H17BrFN5O3S. The van der Waals surface area contributed by atoms with Gasteiger partial charge in [-0.2, -0.15) is 0 Å². The molecule has 34 heavy (non-hydrogen) atoms. The molecule has 4 rings (SSSR count). The molecule has 8 nitrogen and oxygen atoms in total. The van der Waals surface area contributed by atoms with E-state index in [2.05, 4.69) is 31.4 Å². The molecule has 4 aromatic rings. The first kappa shape index (κ1) is 23.6. The minimum atomic E-state index is -0.473. The molecule has 1 heterocycles. The first-order valence-electron chi connectivity index (χ1n) is 10.0. The molecule has 1 amide bonds. The van der Waals surface area contributed by atoms with E-state index < -0.39 is 4.92 Å². The van der Waals surface area contributed by atoms with Crippen molar-refractivity contribution in [1.82, 2.24) is 20.1 Å². The molecule has 0 atom stereocenters. The van der Waals surface area contributed by atoms with Crippen molar-refractivity contribution in [2.45, 2.75) is 17.5 Å². The van der Waals surface area contributed by atoms with Crippen LogP contribution in [-0.4, -0.2) is 25.6 Å². The number of halogens is 2. The molecule has 0 saturated carbocycles. The highest BCUT2D eigenvalue weighted by Gasteiger charge is 2.17. The monoisotopic (exact) mass is 541 g/mol. The number of nitrogens with one attached hydrogen (secondary N) is 1. The molecule has 0 unspecified atom stereocenters. The van der Waals surface area contributed by atoms with Gasteiger partial charge in [-0.25, -0.2) is 4.39 Å². The van der Waals surface area contributed by atoms with E-state index in [1.54, 1.807) is 53.1 Å². The number of carbonyl (C=O) groups is 1. The summed E-state index contributed by atoms with van der Waals surface area (Å²) in [6.45, 7) is 0.0932. The molecule has 0 aliphatic heterocycles. The lowest BCUT2D eigenvalue weighted by Gasteiger charge is -2.11. The lowest BCUT2D eigenvalue weighted by atomic mass is 10.2. The van der Waals surface area contributed by atoms with Gasteiger partial charge in [-0.3, -0.25) is 19.5 Å². The SMILES string of the molecule is O=C(NCc1nnc(SCc2ccc(F)cc2)n1-c1ccc([N+](=O)[O-])cc1)c1ccc(Br)cc1. The van der Waals surface area contributed by atoms with Crippen molar-refractivity contribution in [1.29, 1.82) is 0 Å². The Morgan fingerprint density at radius 2 is 1.71 bits per heavy atom. The van der Waals surface area contributed by atoms with Crippen LogP contribution in [0.4, 0.5) is 10.1 Å². The summed E-state index contributed by atoms with van der Waals surface area (Å²) in [7, 11) is 0. The van der Waals surface area contributed by atoms with Gasteiger partial charge >= 0.3 is 0 Å². The van der Waals surface area contributed by atoms with Crippen LogP contribution < -0.4 is 5.32 Å². The van der Waals surface area contributed by atoms with Crippen molar-refractivity contribution >= 4 is 39.3 Å². The zero-order chi connectivity index (χ0) is 24.1. The zero-order valence-corrected chi connectivity index (χ0v) is 19.9. The lowest BCUT2D eigenvalue weighted by Crippen LogP contribution is -2.24. The number of benzene rings is 3. The molecule has 0 aliphatic carbocycles. The second-order valence-electron chi connectivity index (χ2n) is 7.11. The fourth-order valence-corrected chi connectivity index (χ4v) is 4.27. The van der Waals surface area contributed by atoms with E-state index in [0.29, 0.717) is 28.0 Å². The van der Waals surface area contributed by atoms with Gasteiger partial charge in [-0.15, -0.1) is 10.2 Å². The standard InChI is InChI=1S/C23H17BrFN5O3S/c24-17-5-3-16(4-6-17)22(31)26-13-21-27-28-23(34-14-15-1-7-18(25)8-2-15)29(21)19-9-11-20(12-10-19)30(32)33/h1-12H,13-14H2,(H,26,31). The number of hydrogen-bond acceptors (Lipinski definition) is 6. The Balaban J connectivity index is 1.58. The number of amides is 1. The summed E-state index contributed by atoms with van der Waals surface area (Å²) in [4.78, 5) is 23.1. The third-order valence-electron chi connectivity index (χ3n) is 4.81. The van der Waals surface area contributed by atoms with Crippen LogP contribution in [0.2, 0.25) is 0 Å². The van der Waals surface area contributed by atoms with Gasteiger partial charge in [-0.1, -0.05) is 39.8 Å². The maximum Gasteiger partial charge on any atom is 0.269 e. The molecule has 0 bridgehead atoms. The molecule has 0 aliphatic rings. The van der Waals surface area contributed by atoms with Crippen molar-refractivity contribution in [2.24, 2.45) is 0 Å². The van der Waals surface area contributed by atoms with Crippen LogP contribution in [0, 0.1) is 15.9 Å². The van der Waals surface area contributed by atoms with E-state index in [9.17, 15) is 19.3 Å². The number of rotatable bonds is 8. The summed E-state index contributed by atoms with van der Waals surface area (Å²) in [6, 6.07) is 19.1. The summed E-state index contributed by atoms with van der Waals surface area (Å²) in [6.07, 6.45) is 0. The van der Waals surface area contributed by atoms with E-state index in [1.165, 1.54) is 36.0 Å². The van der Waals surface area contributed by atoms with Gasteiger partial charge in [0.15, 0.2) is 11.0 Å². The Labute approximate surface area is 206 Å². The van der Waals surface area contributed by atoms with Crippen molar-refractivity contribution in [3.8, 4) is 5.69 Å². The van der Waals surface area contributed by atoms with E-state index in [0.717, 1.165) is 10.0 Å². The Kier molecular flexibility index (Phi) is 7.33. The van der Waals surface area contributed by atoms with E-state index >= 15 is 0 Å². The summed E-state index contributed by atoms with van der Waals surface area (Å²) in [5, 5.41) is 22.9. The normalized spacial score (nSPS) is 10.8. The highest BCUT2D eigenvalue weighted by molar-refractivity contribution is 9.10. The van der Waals surface area contributed by atoms with Crippen molar-refractivity contribution in [3.63, 3.8) is 0 Å². The van der Waals surface area contributed by atoms with Gasteiger partial charge in [0.25, 0.3) is 11.6 Å². The third-order valence-corrected chi connectivity index (χ3v) is 6.34. The van der Waals surface area contributed by atoms with Gasteiger partial charge < -0.3 is 5.32 Å². The van der Waals surface area contributed by atoms with Gasteiger partial charge in [0.2, 0.25) is 0 Å². The van der Waals surface area contributed by atoms with Crippen molar-refractivity contribution in [2.75, 3.05) is 0 Å². The maximum absolute atomic E-state index is 13.2. The molecular weight excluding hydrogens is 525 g/mol. The van der Waals surface area contributed by atoms with Gasteiger partial charge in [0.05, 0.1) is 11.5 Å². The number of nitrogens with zero attached hydrogens (tertiary/aromatic N) is 4. The molecule has 11 heteroatoms. The predicted molar refractivity (Wildman–Crippen MR) is 129 cm³/mol. The van der Waals surface area contributed by atoms with Gasteiger partial charge in [0, 0.05) is 33.6 Å². The number of aromatic nitrogens is 3. The smallest absolute Gasteiger partial charge is 0.269 e. The van der Waals surface area contributed by atoms with E-state index in [4.69, 9.17) is 0 Å². The molecule has 0 spiro atoms. The Morgan fingerprint density at radius 3 is 2.35 bits per heavy atom. The average Bonchev–Trinajstić information content (AvgIpc) is 3.25. The van der Waals surface area contributed by atoms with Crippen LogP contribution >= 0.6 is 27.7 Å². The van der Waals surface area contributed by atoms with Gasteiger partial charge in [0.1, 0.15) is 5.82 Å². The second-order valence-corrected chi connectivity index (χ2v) is 8.97. The molecule has 0 fully saturated rings.